The Balaban J connectivity index is 1.45. The van der Waals surface area contributed by atoms with Gasteiger partial charge in [-0.05, 0) is 49.1 Å². The number of hydrogen-bond acceptors (Lipinski definition) is 4. The lowest BCUT2D eigenvalue weighted by Crippen LogP contribution is -2.46. The molecule has 0 spiro atoms. The maximum Gasteiger partial charge on any atom is 0.246 e. The molecule has 2 unspecified atom stereocenters. The van der Waals surface area contributed by atoms with Crippen LogP contribution in [0.25, 0.3) is 0 Å². The van der Waals surface area contributed by atoms with Gasteiger partial charge in [0.2, 0.25) is 17.7 Å². The number of anilines is 3. The Hall–Kier alpha value is -3.35. The zero-order valence-electron chi connectivity index (χ0n) is 18.4. The predicted octanol–water partition coefficient (Wildman–Crippen LogP) is 3.64. The minimum absolute atomic E-state index is 0.0706. The van der Waals surface area contributed by atoms with E-state index >= 15 is 0 Å². The summed E-state index contributed by atoms with van der Waals surface area (Å²) >= 11 is 0. The number of amides is 3. The predicted molar refractivity (Wildman–Crippen MR) is 126 cm³/mol. The number of nitrogens with zero attached hydrogens (tertiary/aromatic N) is 1. The van der Waals surface area contributed by atoms with Crippen LogP contribution in [0.15, 0.2) is 48.5 Å². The molecule has 2 aliphatic heterocycles. The summed E-state index contributed by atoms with van der Waals surface area (Å²) in [5.74, 6) is -1.34. The average Bonchev–Trinajstić information content (AvgIpc) is 3.33. The normalized spacial score (nSPS) is 18.5. The van der Waals surface area contributed by atoms with Gasteiger partial charge in [0, 0.05) is 36.6 Å². The van der Waals surface area contributed by atoms with E-state index in [1.165, 1.54) is 12.8 Å². The maximum absolute atomic E-state index is 13.1. The molecule has 1 fully saturated rings. The number of carbonyl (C=O) groups excluding carboxylic acids is 3. The summed E-state index contributed by atoms with van der Waals surface area (Å²) in [7, 11) is 0. The molecule has 2 heterocycles. The first-order chi connectivity index (χ1) is 15.5. The van der Waals surface area contributed by atoms with Gasteiger partial charge >= 0.3 is 0 Å². The summed E-state index contributed by atoms with van der Waals surface area (Å²) in [6, 6.07) is 14.5. The molecule has 0 bridgehead atoms. The summed E-state index contributed by atoms with van der Waals surface area (Å²) in [6.07, 6.45) is 3.70. The van der Waals surface area contributed by atoms with Gasteiger partial charge in [0.15, 0.2) is 0 Å². The van der Waals surface area contributed by atoms with Crippen LogP contribution in [-0.4, -0.2) is 36.9 Å². The third-order valence-corrected chi connectivity index (χ3v) is 6.11. The second kappa shape index (κ2) is 9.85. The highest BCUT2D eigenvalue weighted by Gasteiger charge is 2.32. The van der Waals surface area contributed by atoms with E-state index in [4.69, 9.17) is 0 Å². The van der Waals surface area contributed by atoms with Crippen LogP contribution >= 0.6 is 0 Å². The molecular weight excluding hydrogens is 404 g/mol. The number of rotatable bonds is 7. The van der Waals surface area contributed by atoms with Gasteiger partial charge in [0.25, 0.3) is 0 Å². The van der Waals surface area contributed by atoms with Gasteiger partial charge in [-0.3, -0.25) is 14.4 Å². The topological polar surface area (TPSA) is 90.5 Å². The highest BCUT2D eigenvalue weighted by atomic mass is 16.2. The molecule has 0 saturated carbocycles. The molecule has 0 aliphatic carbocycles. The minimum atomic E-state index is -0.667. The number of nitrogens with one attached hydrogen (secondary N) is 3. The van der Waals surface area contributed by atoms with Crippen LogP contribution < -0.4 is 20.9 Å². The van der Waals surface area contributed by atoms with E-state index in [1.807, 2.05) is 43.3 Å². The Bertz CT molecular complexity index is 1000. The lowest BCUT2D eigenvalue weighted by atomic mass is 9.89. The zero-order chi connectivity index (χ0) is 22.5. The summed E-state index contributed by atoms with van der Waals surface area (Å²) in [4.78, 5) is 40.5. The van der Waals surface area contributed by atoms with Crippen molar-refractivity contribution >= 4 is 34.8 Å². The Morgan fingerprint density at radius 1 is 1.12 bits per heavy atom. The number of carbonyl (C=O) groups is 3. The van der Waals surface area contributed by atoms with Crippen LogP contribution in [0.1, 0.15) is 50.5 Å². The molecule has 7 heteroatoms. The van der Waals surface area contributed by atoms with Crippen molar-refractivity contribution in [1.29, 1.82) is 0 Å². The number of benzene rings is 2. The Morgan fingerprint density at radius 2 is 1.91 bits per heavy atom. The molecule has 168 valence electrons. The SMILES string of the molecule is CCCC(NC(=O)C1CC(=O)Nc2ccccc21)C(=O)Nc1cccc(N2CCCC2)c1. The van der Waals surface area contributed by atoms with Crippen LogP contribution in [0.4, 0.5) is 17.1 Å². The Kier molecular flexibility index (Phi) is 6.73. The fourth-order valence-electron chi connectivity index (χ4n) is 4.46. The summed E-state index contributed by atoms with van der Waals surface area (Å²) in [5, 5.41) is 8.67. The van der Waals surface area contributed by atoms with Gasteiger partial charge in [0.05, 0.1) is 5.92 Å². The molecule has 2 aromatic rings. The van der Waals surface area contributed by atoms with E-state index in [0.717, 1.165) is 36.4 Å². The van der Waals surface area contributed by atoms with Crippen molar-refractivity contribution in [3.05, 3.63) is 54.1 Å². The molecule has 7 nitrogen and oxygen atoms in total. The van der Waals surface area contributed by atoms with E-state index in [0.29, 0.717) is 12.1 Å². The largest absolute Gasteiger partial charge is 0.371 e. The number of hydrogen-bond donors (Lipinski definition) is 3. The van der Waals surface area contributed by atoms with Crippen LogP contribution in [0.3, 0.4) is 0 Å². The van der Waals surface area contributed by atoms with Crippen LogP contribution in [-0.2, 0) is 14.4 Å². The first-order valence-electron chi connectivity index (χ1n) is 11.4. The van der Waals surface area contributed by atoms with E-state index in [-0.39, 0.29) is 24.1 Å². The van der Waals surface area contributed by atoms with Crippen molar-refractivity contribution in [1.82, 2.24) is 5.32 Å². The highest BCUT2D eigenvalue weighted by molar-refractivity contribution is 6.03. The van der Waals surface area contributed by atoms with Crippen molar-refractivity contribution in [3.63, 3.8) is 0 Å². The Morgan fingerprint density at radius 3 is 2.69 bits per heavy atom. The molecular formula is C25H30N4O3. The molecule has 2 atom stereocenters. The summed E-state index contributed by atoms with van der Waals surface area (Å²) < 4.78 is 0. The van der Waals surface area contributed by atoms with E-state index < -0.39 is 12.0 Å². The quantitative estimate of drug-likeness (QED) is 0.621. The number of fused-ring (bicyclic) bond motifs is 1. The standard InChI is InChI=1S/C25H30N4O3/c1-2-8-22(25(32)26-17-9-7-10-18(15-17)29-13-5-6-14-29)28-24(31)20-16-23(30)27-21-12-4-3-11-19(20)21/h3-4,7,9-12,15,20,22H,2,5-6,8,13-14,16H2,1H3,(H,26,32)(H,27,30)(H,28,31). The molecule has 4 rings (SSSR count). The third-order valence-electron chi connectivity index (χ3n) is 6.11. The third kappa shape index (κ3) is 4.93. The van der Waals surface area contributed by atoms with Gasteiger partial charge in [-0.2, -0.15) is 0 Å². The van der Waals surface area contributed by atoms with Crippen LogP contribution in [0.2, 0.25) is 0 Å². The first-order valence-corrected chi connectivity index (χ1v) is 11.4. The van der Waals surface area contributed by atoms with Crippen molar-refractivity contribution < 1.29 is 14.4 Å². The molecule has 0 aromatic heterocycles. The monoisotopic (exact) mass is 434 g/mol. The zero-order valence-corrected chi connectivity index (χ0v) is 18.4. The Labute approximate surface area is 188 Å². The van der Waals surface area contributed by atoms with Gasteiger partial charge in [0.1, 0.15) is 6.04 Å². The lowest BCUT2D eigenvalue weighted by Gasteiger charge is -2.27. The second-order valence-electron chi connectivity index (χ2n) is 8.48. The van der Waals surface area contributed by atoms with Gasteiger partial charge in [-0.1, -0.05) is 37.6 Å². The first kappa shape index (κ1) is 21.9. The molecule has 32 heavy (non-hydrogen) atoms. The van der Waals surface area contributed by atoms with E-state index in [9.17, 15) is 14.4 Å². The van der Waals surface area contributed by atoms with Gasteiger partial charge in [-0.15, -0.1) is 0 Å². The van der Waals surface area contributed by atoms with E-state index in [2.05, 4.69) is 26.9 Å². The lowest BCUT2D eigenvalue weighted by molar-refractivity contribution is -0.129. The molecule has 3 amide bonds. The van der Waals surface area contributed by atoms with Crippen molar-refractivity contribution in [2.24, 2.45) is 0 Å². The van der Waals surface area contributed by atoms with Crippen LogP contribution in [0, 0.1) is 0 Å². The number of para-hydroxylation sites is 1. The molecule has 3 N–H and O–H groups in total. The maximum atomic E-state index is 13.1. The molecule has 2 aliphatic rings. The second-order valence-corrected chi connectivity index (χ2v) is 8.48. The summed E-state index contributed by atoms with van der Waals surface area (Å²) in [5.41, 5.74) is 3.25. The van der Waals surface area contributed by atoms with Crippen molar-refractivity contribution in [2.45, 2.75) is 51.0 Å². The summed E-state index contributed by atoms with van der Waals surface area (Å²) in [6.45, 7) is 4.04. The molecule has 2 aromatic carbocycles. The highest BCUT2D eigenvalue weighted by Crippen LogP contribution is 2.32. The smallest absolute Gasteiger partial charge is 0.246 e. The molecule has 0 radical (unpaired) electrons. The molecule has 1 saturated heterocycles. The van der Waals surface area contributed by atoms with E-state index in [1.54, 1.807) is 6.07 Å². The average molecular weight is 435 g/mol. The minimum Gasteiger partial charge on any atom is -0.371 e. The van der Waals surface area contributed by atoms with Gasteiger partial charge < -0.3 is 20.9 Å². The van der Waals surface area contributed by atoms with Crippen LogP contribution in [0.5, 0.6) is 0 Å². The fourth-order valence-corrected chi connectivity index (χ4v) is 4.46. The fraction of sp³-hybridized carbons (Fsp3) is 0.400. The van der Waals surface area contributed by atoms with Crippen molar-refractivity contribution in [2.75, 3.05) is 28.6 Å². The van der Waals surface area contributed by atoms with Gasteiger partial charge in [-0.25, -0.2) is 0 Å². The van der Waals surface area contributed by atoms with Crippen molar-refractivity contribution in [3.8, 4) is 0 Å².